The summed E-state index contributed by atoms with van der Waals surface area (Å²) in [5, 5.41) is 1.99. The van der Waals surface area contributed by atoms with Crippen LogP contribution < -0.4 is 14.9 Å². The van der Waals surface area contributed by atoms with Gasteiger partial charge in [-0.2, -0.15) is 0 Å². The van der Waals surface area contributed by atoms with Gasteiger partial charge in [0.1, 0.15) is 11.5 Å². The van der Waals surface area contributed by atoms with Crippen LogP contribution in [0.15, 0.2) is 80.1 Å². The maximum Gasteiger partial charge on any atom is 0.338 e. The number of aromatic nitrogens is 1. The second-order valence-corrected chi connectivity index (χ2v) is 10.6. The van der Waals surface area contributed by atoms with E-state index < -0.39 is 12.0 Å². The number of ether oxygens (including phenoxy) is 2. The maximum atomic E-state index is 13.9. The van der Waals surface area contributed by atoms with Gasteiger partial charge in [-0.05, 0) is 42.3 Å². The molecule has 2 aliphatic heterocycles. The maximum absolute atomic E-state index is 13.9. The number of carbonyl (C=O) groups is 1. The zero-order valence-electron chi connectivity index (χ0n) is 21.9. The standard InChI is InChI=1S/C30H29N3O5S/c1-3-37-29(35)26-19(2)31-30-33(27(26)24-10-6-8-20-7-4-5-9-23(20)24)28(34)25(39-30)17-21-11-12-22(38-21)18-32-13-15-36-16-14-32/h4-12,17,27H,3,13-16,18H2,1-2H3/b25-17+/t27-/m1/s1. The largest absolute Gasteiger partial charge is 0.463 e. The minimum atomic E-state index is -0.665. The molecule has 2 aromatic carbocycles. The third-order valence-electron chi connectivity index (χ3n) is 7.07. The van der Waals surface area contributed by atoms with Gasteiger partial charge in [0, 0.05) is 19.2 Å². The van der Waals surface area contributed by atoms with Crippen LogP contribution >= 0.6 is 11.3 Å². The van der Waals surface area contributed by atoms with E-state index in [0.29, 0.717) is 32.9 Å². The number of thiazole rings is 1. The fourth-order valence-corrected chi connectivity index (χ4v) is 6.27. The van der Waals surface area contributed by atoms with Gasteiger partial charge < -0.3 is 13.9 Å². The molecular weight excluding hydrogens is 514 g/mol. The Balaban J connectivity index is 1.46. The van der Waals surface area contributed by atoms with Gasteiger partial charge in [-0.25, -0.2) is 9.79 Å². The van der Waals surface area contributed by atoms with Crippen molar-refractivity contribution in [2.45, 2.75) is 26.4 Å². The Morgan fingerprint density at radius 1 is 1.13 bits per heavy atom. The van der Waals surface area contributed by atoms with Gasteiger partial charge in [-0.15, -0.1) is 0 Å². The molecule has 200 valence electrons. The first-order valence-electron chi connectivity index (χ1n) is 13.1. The molecule has 6 rings (SSSR count). The fraction of sp³-hybridized carbons (Fsp3) is 0.300. The van der Waals surface area contributed by atoms with Gasteiger partial charge in [-0.3, -0.25) is 14.3 Å². The Hall–Kier alpha value is -3.79. The van der Waals surface area contributed by atoms with E-state index in [2.05, 4.69) is 9.89 Å². The molecule has 1 saturated heterocycles. The number of benzene rings is 2. The van der Waals surface area contributed by atoms with Crippen molar-refractivity contribution in [3.63, 3.8) is 0 Å². The second-order valence-electron chi connectivity index (χ2n) is 9.56. The Morgan fingerprint density at radius 2 is 1.92 bits per heavy atom. The smallest absolute Gasteiger partial charge is 0.338 e. The Labute approximate surface area is 229 Å². The first kappa shape index (κ1) is 25.5. The lowest BCUT2D eigenvalue weighted by Crippen LogP contribution is -2.40. The molecule has 4 heterocycles. The molecular formula is C30H29N3O5S. The Kier molecular flexibility index (Phi) is 7.03. The lowest BCUT2D eigenvalue weighted by Gasteiger charge is -2.25. The SMILES string of the molecule is CCOC(=O)C1=C(C)N=c2s/c(=C/c3ccc(CN4CCOCC4)o3)c(=O)n2[C@@H]1c1cccc2ccccc12. The van der Waals surface area contributed by atoms with Crippen LogP contribution in [0, 0.1) is 0 Å². The molecule has 2 aromatic heterocycles. The molecule has 0 bridgehead atoms. The summed E-state index contributed by atoms with van der Waals surface area (Å²) in [7, 11) is 0. The molecule has 8 nitrogen and oxygen atoms in total. The van der Waals surface area contributed by atoms with Crippen molar-refractivity contribution in [3.8, 4) is 0 Å². The van der Waals surface area contributed by atoms with Gasteiger partial charge in [0.25, 0.3) is 5.56 Å². The highest BCUT2D eigenvalue weighted by atomic mass is 32.1. The van der Waals surface area contributed by atoms with Gasteiger partial charge in [0.05, 0.1) is 48.2 Å². The number of furan rings is 1. The molecule has 0 N–H and O–H groups in total. The van der Waals surface area contributed by atoms with Crippen molar-refractivity contribution in [1.29, 1.82) is 0 Å². The topological polar surface area (TPSA) is 86.3 Å². The fourth-order valence-electron chi connectivity index (χ4n) is 5.24. The van der Waals surface area contributed by atoms with Gasteiger partial charge in [0.2, 0.25) is 0 Å². The minimum Gasteiger partial charge on any atom is -0.463 e. The van der Waals surface area contributed by atoms with E-state index in [1.165, 1.54) is 11.3 Å². The third kappa shape index (κ3) is 4.89. The Morgan fingerprint density at radius 3 is 2.74 bits per heavy atom. The van der Waals surface area contributed by atoms with Crippen molar-refractivity contribution in [2.24, 2.45) is 4.99 Å². The van der Waals surface area contributed by atoms with Crippen molar-refractivity contribution < 1.29 is 18.7 Å². The van der Waals surface area contributed by atoms with Crippen LogP contribution in [0.1, 0.15) is 37.0 Å². The molecule has 0 saturated carbocycles. The second kappa shape index (κ2) is 10.8. The van der Waals surface area contributed by atoms with Crippen LogP contribution in [0.4, 0.5) is 0 Å². The zero-order chi connectivity index (χ0) is 26.9. The molecule has 0 aliphatic carbocycles. The summed E-state index contributed by atoms with van der Waals surface area (Å²) in [6.45, 7) is 7.67. The highest BCUT2D eigenvalue weighted by Crippen LogP contribution is 2.34. The molecule has 0 spiro atoms. The lowest BCUT2D eigenvalue weighted by molar-refractivity contribution is -0.139. The summed E-state index contributed by atoms with van der Waals surface area (Å²) in [5.41, 5.74) is 1.55. The molecule has 9 heteroatoms. The molecule has 0 radical (unpaired) electrons. The van der Waals surface area contributed by atoms with Crippen molar-refractivity contribution in [3.05, 3.63) is 103 Å². The monoisotopic (exact) mass is 543 g/mol. The molecule has 4 aromatic rings. The van der Waals surface area contributed by atoms with E-state index in [4.69, 9.17) is 13.9 Å². The average Bonchev–Trinajstić information content (AvgIpc) is 3.51. The lowest BCUT2D eigenvalue weighted by atomic mass is 9.91. The summed E-state index contributed by atoms with van der Waals surface area (Å²) in [5.74, 6) is 0.973. The van der Waals surface area contributed by atoms with E-state index in [0.717, 1.165) is 48.4 Å². The van der Waals surface area contributed by atoms with Gasteiger partial charge in [-0.1, -0.05) is 53.8 Å². The number of allylic oxidation sites excluding steroid dienone is 1. The minimum absolute atomic E-state index is 0.225. The Bertz CT molecular complexity index is 1750. The van der Waals surface area contributed by atoms with E-state index in [1.807, 2.05) is 54.6 Å². The average molecular weight is 544 g/mol. The summed E-state index contributed by atoms with van der Waals surface area (Å²) < 4.78 is 19.0. The zero-order valence-corrected chi connectivity index (χ0v) is 22.7. The van der Waals surface area contributed by atoms with Gasteiger partial charge >= 0.3 is 5.97 Å². The number of hydrogen-bond donors (Lipinski definition) is 0. The normalized spacial score (nSPS) is 18.3. The summed E-state index contributed by atoms with van der Waals surface area (Å²) in [6, 6.07) is 17.1. The molecule has 39 heavy (non-hydrogen) atoms. The van der Waals surface area contributed by atoms with Crippen LogP contribution in [-0.2, 0) is 20.8 Å². The number of rotatable bonds is 6. The predicted octanol–water partition coefficient (Wildman–Crippen LogP) is 3.38. The summed E-state index contributed by atoms with van der Waals surface area (Å²) in [4.78, 5) is 34.7. The van der Waals surface area contributed by atoms with Crippen LogP contribution in [0.2, 0.25) is 0 Å². The highest BCUT2D eigenvalue weighted by molar-refractivity contribution is 7.07. The number of nitrogens with zero attached hydrogens (tertiary/aromatic N) is 3. The quantitative estimate of drug-likeness (QED) is 0.347. The first-order chi connectivity index (χ1) is 19.0. The van der Waals surface area contributed by atoms with Crippen molar-refractivity contribution >= 4 is 34.2 Å². The van der Waals surface area contributed by atoms with Crippen LogP contribution in [0.3, 0.4) is 0 Å². The van der Waals surface area contributed by atoms with E-state index >= 15 is 0 Å². The molecule has 2 aliphatic rings. The first-order valence-corrected chi connectivity index (χ1v) is 13.9. The number of hydrogen-bond acceptors (Lipinski definition) is 8. The van der Waals surface area contributed by atoms with E-state index in [1.54, 1.807) is 24.5 Å². The van der Waals surface area contributed by atoms with Crippen molar-refractivity contribution in [1.82, 2.24) is 9.47 Å². The molecule has 0 unspecified atom stereocenters. The van der Waals surface area contributed by atoms with Crippen molar-refractivity contribution in [2.75, 3.05) is 32.9 Å². The number of fused-ring (bicyclic) bond motifs is 2. The van der Waals surface area contributed by atoms with E-state index in [9.17, 15) is 9.59 Å². The van der Waals surface area contributed by atoms with Crippen LogP contribution in [-0.4, -0.2) is 48.3 Å². The molecule has 1 fully saturated rings. The number of esters is 1. The summed E-state index contributed by atoms with van der Waals surface area (Å²) in [6.07, 6.45) is 1.76. The van der Waals surface area contributed by atoms with Crippen LogP contribution in [0.5, 0.6) is 0 Å². The van der Waals surface area contributed by atoms with Gasteiger partial charge in [0.15, 0.2) is 4.80 Å². The van der Waals surface area contributed by atoms with E-state index in [-0.39, 0.29) is 12.2 Å². The summed E-state index contributed by atoms with van der Waals surface area (Å²) >= 11 is 1.29. The number of carbonyl (C=O) groups excluding carboxylic acids is 1. The highest BCUT2D eigenvalue weighted by Gasteiger charge is 2.34. The molecule has 1 atom stereocenters. The molecule has 0 amide bonds. The third-order valence-corrected chi connectivity index (χ3v) is 8.06. The number of morpholine rings is 1. The van der Waals surface area contributed by atoms with Crippen LogP contribution in [0.25, 0.3) is 16.8 Å². The predicted molar refractivity (Wildman–Crippen MR) is 149 cm³/mol.